The van der Waals surface area contributed by atoms with E-state index >= 15 is 0 Å². The number of alkyl halides is 3. The summed E-state index contributed by atoms with van der Waals surface area (Å²) in [5.74, 6) is 0. The highest BCUT2D eigenvalue weighted by Gasteiger charge is 2.40. The van der Waals surface area contributed by atoms with Crippen LogP contribution in [0.5, 0.6) is 0 Å². The first-order valence-corrected chi connectivity index (χ1v) is 3.72. The molecule has 0 aromatic carbocycles. The lowest BCUT2D eigenvalue weighted by molar-refractivity contribution is -0.145. The first kappa shape index (κ1) is 9.95. The number of aliphatic imine (C=N–C) groups is 2. The predicted molar refractivity (Wildman–Crippen MR) is 45.2 cm³/mol. The maximum Gasteiger partial charge on any atom is 0.411 e. The second kappa shape index (κ2) is 3.32. The number of nitrogens with zero attached hydrogens (tertiary/aromatic N) is 2. The Hall–Kier alpha value is -1.13. The van der Waals surface area contributed by atoms with Gasteiger partial charge in [0, 0.05) is 12.1 Å². The average Bonchev–Trinajstić information content (AvgIpc) is 2.03. The van der Waals surface area contributed by atoms with Gasteiger partial charge in [-0.15, -0.1) is 0 Å². The van der Waals surface area contributed by atoms with E-state index in [1.54, 1.807) is 6.92 Å². The number of halogens is 3. The van der Waals surface area contributed by atoms with Crippen molar-refractivity contribution in [3.05, 3.63) is 12.2 Å². The molecule has 0 aromatic heterocycles. The zero-order valence-corrected chi connectivity index (χ0v) is 7.10. The predicted octanol–water partition coefficient (Wildman–Crippen LogP) is 2.37. The molecule has 0 aliphatic carbocycles. The first-order chi connectivity index (χ1) is 5.91. The van der Waals surface area contributed by atoms with Gasteiger partial charge in [0.2, 0.25) is 0 Å². The Morgan fingerprint density at radius 2 is 2.23 bits per heavy atom. The van der Waals surface area contributed by atoms with Gasteiger partial charge >= 0.3 is 6.18 Å². The largest absolute Gasteiger partial charge is 0.411 e. The quantitative estimate of drug-likeness (QED) is 0.606. The first-order valence-electron chi connectivity index (χ1n) is 3.72. The molecule has 1 unspecified atom stereocenters. The van der Waals surface area contributed by atoms with Crippen molar-refractivity contribution in [2.24, 2.45) is 9.98 Å². The summed E-state index contributed by atoms with van der Waals surface area (Å²) in [4.78, 5) is 6.97. The third kappa shape index (κ3) is 2.40. The van der Waals surface area contributed by atoms with Crippen LogP contribution < -0.4 is 0 Å². The molecule has 0 fully saturated rings. The fourth-order valence-electron chi connectivity index (χ4n) is 0.957. The van der Waals surface area contributed by atoms with Gasteiger partial charge in [0.25, 0.3) is 0 Å². The molecule has 0 saturated heterocycles. The molecule has 1 aliphatic rings. The lowest BCUT2D eigenvalue weighted by Crippen LogP contribution is -2.31. The highest BCUT2D eigenvalue weighted by Crippen LogP contribution is 2.27. The molecule has 0 bridgehead atoms. The van der Waals surface area contributed by atoms with Crippen molar-refractivity contribution < 1.29 is 13.2 Å². The molecule has 5 heteroatoms. The summed E-state index contributed by atoms with van der Waals surface area (Å²) in [7, 11) is 0. The molecule has 1 aliphatic heterocycles. The standard InChI is InChI=1S/C8H9F3N2/c1-5(2)6-3-7(8(9,10)11)13-4-12-6/h4,7H,1,3H2,2H3. The summed E-state index contributed by atoms with van der Waals surface area (Å²) in [6.07, 6.45) is -3.53. The second-order valence-electron chi connectivity index (χ2n) is 2.88. The molecular weight excluding hydrogens is 181 g/mol. The van der Waals surface area contributed by atoms with Crippen molar-refractivity contribution in [3.63, 3.8) is 0 Å². The summed E-state index contributed by atoms with van der Waals surface area (Å²) >= 11 is 0. The van der Waals surface area contributed by atoms with Crippen LogP contribution in [0.3, 0.4) is 0 Å². The smallest absolute Gasteiger partial charge is 0.260 e. The van der Waals surface area contributed by atoms with E-state index in [0.29, 0.717) is 11.3 Å². The number of rotatable bonds is 1. The molecule has 0 amide bonds. The Morgan fingerprint density at radius 1 is 1.62 bits per heavy atom. The lowest BCUT2D eigenvalue weighted by atomic mass is 10.0. The maximum absolute atomic E-state index is 12.2. The van der Waals surface area contributed by atoms with Crippen LogP contribution in [0, 0.1) is 0 Å². The molecule has 0 N–H and O–H groups in total. The number of allylic oxidation sites excluding steroid dienone is 1. The van der Waals surface area contributed by atoms with Crippen LogP contribution in [0.25, 0.3) is 0 Å². The monoisotopic (exact) mass is 190 g/mol. The van der Waals surface area contributed by atoms with Gasteiger partial charge < -0.3 is 0 Å². The minimum Gasteiger partial charge on any atom is -0.260 e. The molecule has 1 rings (SSSR count). The van der Waals surface area contributed by atoms with Crippen LogP contribution in [0.4, 0.5) is 13.2 Å². The molecule has 13 heavy (non-hydrogen) atoms. The number of hydrogen-bond acceptors (Lipinski definition) is 2. The highest BCUT2D eigenvalue weighted by atomic mass is 19.4. The molecular formula is C8H9F3N2. The SMILES string of the molecule is C=C(C)C1=NC=NC(C(F)(F)F)C1. The molecule has 1 heterocycles. The summed E-state index contributed by atoms with van der Waals surface area (Å²) in [6.45, 7) is 5.17. The van der Waals surface area contributed by atoms with Gasteiger partial charge in [-0.1, -0.05) is 6.58 Å². The fourth-order valence-corrected chi connectivity index (χ4v) is 0.957. The lowest BCUT2D eigenvalue weighted by Gasteiger charge is -2.19. The van der Waals surface area contributed by atoms with Gasteiger partial charge in [0.05, 0.1) is 0 Å². The Morgan fingerprint density at radius 3 is 2.69 bits per heavy atom. The Balaban J connectivity index is 2.76. The van der Waals surface area contributed by atoms with Crippen molar-refractivity contribution in [1.82, 2.24) is 0 Å². The average molecular weight is 190 g/mol. The molecule has 72 valence electrons. The zero-order chi connectivity index (χ0) is 10.1. The van der Waals surface area contributed by atoms with E-state index in [9.17, 15) is 13.2 Å². The molecule has 1 atom stereocenters. The zero-order valence-electron chi connectivity index (χ0n) is 7.10. The highest BCUT2D eigenvalue weighted by molar-refractivity contribution is 6.04. The Bertz CT molecular complexity index is 276. The van der Waals surface area contributed by atoms with Crippen molar-refractivity contribution in [2.45, 2.75) is 25.6 Å². The van der Waals surface area contributed by atoms with Crippen molar-refractivity contribution in [1.29, 1.82) is 0 Å². The minimum absolute atomic E-state index is 0.199. The van der Waals surface area contributed by atoms with Gasteiger partial charge in [-0.3, -0.25) is 4.99 Å². The third-order valence-corrected chi connectivity index (χ3v) is 1.72. The molecule has 0 saturated carbocycles. The van der Waals surface area contributed by atoms with Crippen molar-refractivity contribution in [3.8, 4) is 0 Å². The van der Waals surface area contributed by atoms with E-state index in [-0.39, 0.29) is 6.42 Å². The molecule has 0 aromatic rings. The van der Waals surface area contributed by atoms with Crippen LogP contribution in [0.1, 0.15) is 13.3 Å². The van der Waals surface area contributed by atoms with E-state index in [2.05, 4.69) is 16.6 Å². The third-order valence-electron chi connectivity index (χ3n) is 1.72. The van der Waals surface area contributed by atoms with Crippen LogP contribution in [-0.2, 0) is 0 Å². The second-order valence-corrected chi connectivity index (χ2v) is 2.88. The van der Waals surface area contributed by atoms with E-state index in [1.165, 1.54) is 0 Å². The van der Waals surface area contributed by atoms with Gasteiger partial charge in [0.1, 0.15) is 6.34 Å². The fraction of sp³-hybridized carbons (Fsp3) is 0.500. The van der Waals surface area contributed by atoms with Gasteiger partial charge in [-0.2, -0.15) is 13.2 Å². The van der Waals surface area contributed by atoms with E-state index in [4.69, 9.17) is 0 Å². The van der Waals surface area contributed by atoms with Crippen LogP contribution in [-0.4, -0.2) is 24.3 Å². The summed E-state index contributed by atoms with van der Waals surface area (Å²) in [5, 5.41) is 0. The Labute approximate surface area is 73.9 Å². The van der Waals surface area contributed by atoms with Crippen LogP contribution >= 0.6 is 0 Å². The van der Waals surface area contributed by atoms with E-state index < -0.39 is 12.2 Å². The van der Waals surface area contributed by atoms with E-state index in [0.717, 1.165) is 6.34 Å². The Kier molecular flexibility index (Phi) is 2.54. The van der Waals surface area contributed by atoms with Crippen molar-refractivity contribution in [2.75, 3.05) is 0 Å². The van der Waals surface area contributed by atoms with E-state index in [1.807, 2.05) is 0 Å². The number of hydrogen-bond donors (Lipinski definition) is 0. The summed E-state index contributed by atoms with van der Waals surface area (Å²) in [5.41, 5.74) is 0.928. The maximum atomic E-state index is 12.2. The van der Waals surface area contributed by atoms with Gasteiger partial charge in [-0.05, 0) is 12.5 Å². The molecule has 0 spiro atoms. The van der Waals surface area contributed by atoms with Crippen LogP contribution in [0.15, 0.2) is 22.1 Å². The van der Waals surface area contributed by atoms with Gasteiger partial charge in [-0.25, -0.2) is 4.99 Å². The van der Waals surface area contributed by atoms with Crippen molar-refractivity contribution >= 4 is 12.1 Å². The molecule has 2 nitrogen and oxygen atoms in total. The normalized spacial score (nSPS) is 22.8. The van der Waals surface area contributed by atoms with Gasteiger partial charge in [0.15, 0.2) is 6.04 Å². The summed E-state index contributed by atoms with van der Waals surface area (Å²) in [6, 6.07) is -1.66. The topological polar surface area (TPSA) is 24.7 Å². The minimum atomic E-state index is -4.28. The molecule has 0 radical (unpaired) electrons. The summed E-state index contributed by atoms with van der Waals surface area (Å²) < 4.78 is 36.5. The van der Waals surface area contributed by atoms with Crippen LogP contribution in [0.2, 0.25) is 0 Å².